The number of hydrogen-bond donors (Lipinski definition) is 1. The van der Waals surface area contributed by atoms with Crippen LogP contribution in [0.15, 0.2) is 48.5 Å². The van der Waals surface area contributed by atoms with E-state index in [0.29, 0.717) is 18.0 Å². The maximum Gasteiger partial charge on any atom is 0.261 e. The van der Waals surface area contributed by atoms with Gasteiger partial charge in [0.25, 0.3) is 5.91 Å². The molecule has 0 radical (unpaired) electrons. The Morgan fingerprint density at radius 1 is 1.09 bits per heavy atom. The molecule has 2 aromatic carbocycles. The summed E-state index contributed by atoms with van der Waals surface area (Å²) in [7, 11) is 1.60. The zero-order chi connectivity index (χ0) is 24.4. The number of unbranched alkanes of at least 4 members (excludes halogenated alkanes) is 1. The Balaban J connectivity index is 2.21. The minimum absolute atomic E-state index is 0.119. The van der Waals surface area contributed by atoms with Crippen molar-refractivity contribution in [3.05, 3.63) is 59.7 Å². The molecule has 6 heteroatoms. The minimum atomic E-state index is -0.637. The van der Waals surface area contributed by atoms with Crippen molar-refractivity contribution in [1.82, 2.24) is 10.2 Å². The number of nitrogens with zero attached hydrogens (tertiary/aromatic N) is 1. The summed E-state index contributed by atoms with van der Waals surface area (Å²) < 4.78 is 11.3. The number of rotatable bonds is 11. The van der Waals surface area contributed by atoms with Gasteiger partial charge in [-0.05, 0) is 48.1 Å². The SMILES string of the molecule is CCCCNC(=O)[C@@H](C)N(Cc1cccc(OC)c1)C(=O)COc1ccccc1C(C)(C)C. The second-order valence-corrected chi connectivity index (χ2v) is 9.23. The van der Waals surface area contributed by atoms with Crippen LogP contribution in [0.4, 0.5) is 0 Å². The van der Waals surface area contributed by atoms with Gasteiger partial charge in [0.05, 0.1) is 7.11 Å². The lowest BCUT2D eigenvalue weighted by molar-refractivity contribution is -0.142. The maximum absolute atomic E-state index is 13.3. The molecule has 0 aliphatic carbocycles. The predicted octanol–water partition coefficient (Wildman–Crippen LogP) is 4.71. The Morgan fingerprint density at radius 2 is 1.82 bits per heavy atom. The Hall–Kier alpha value is -3.02. The second kappa shape index (κ2) is 12.3. The topological polar surface area (TPSA) is 67.9 Å². The fourth-order valence-electron chi connectivity index (χ4n) is 3.52. The van der Waals surface area contributed by atoms with Crippen LogP contribution >= 0.6 is 0 Å². The van der Waals surface area contributed by atoms with Gasteiger partial charge in [-0.3, -0.25) is 9.59 Å². The molecule has 0 aliphatic heterocycles. The molecule has 1 N–H and O–H groups in total. The molecule has 0 spiro atoms. The highest BCUT2D eigenvalue weighted by Gasteiger charge is 2.27. The molecule has 2 rings (SSSR count). The van der Waals surface area contributed by atoms with E-state index in [9.17, 15) is 9.59 Å². The Morgan fingerprint density at radius 3 is 2.48 bits per heavy atom. The van der Waals surface area contributed by atoms with E-state index in [1.807, 2.05) is 48.5 Å². The molecule has 33 heavy (non-hydrogen) atoms. The van der Waals surface area contributed by atoms with Crippen LogP contribution in [-0.2, 0) is 21.5 Å². The number of carbonyl (C=O) groups excluding carboxylic acids is 2. The van der Waals surface area contributed by atoms with Gasteiger partial charge in [-0.25, -0.2) is 0 Å². The fourth-order valence-corrected chi connectivity index (χ4v) is 3.52. The highest BCUT2D eigenvalue weighted by Crippen LogP contribution is 2.31. The Kier molecular flexibility index (Phi) is 9.76. The largest absolute Gasteiger partial charge is 0.497 e. The molecule has 0 bridgehead atoms. The molecule has 0 fully saturated rings. The summed E-state index contributed by atoms with van der Waals surface area (Å²) in [5, 5.41) is 2.93. The van der Waals surface area contributed by atoms with E-state index in [0.717, 1.165) is 24.0 Å². The van der Waals surface area contributed by atoms with E-state index in [1.54, 1.807) is 18.9 Å². The summed E-state index contributed by atoms with van der Waals surface area (Å²) in [6, 6.07) is 14.6. The van der Waals surface area contributed by atoms with Crippen LogP contribution in [0.2, 0.25) is 0 Å². The monoisotopic (exact) mass is 454 g/mol. The first-order chi connectivity index (χ1) is 15.7. The number of nitrogens with one attached hydrogen (secondary N) is 1. The molecule has 0 aromatic heterocycles. The minimum Gasteiger partial charge on any atom is -0.497 e. The Labute approximate surface area is 198 Å². The summed E-state index contributed by atoms with van der Waals surface area (Å²) in [6.45, 7) is 10.9. The third-order valence-corrected chi connectivity index (χ3v) is 5.53. The van der Waals surface area contributed by atoms with Gasteiger partial charge in [0, 0.05) is 13.1 Å². The van der Waals surface area contributed by atoms with E-state index in [-0.39, 0.29) is 30.4 Å². The summed E-state index contributed by atoms with van der Waals surface area (Å²) >= 11 is 0. The van der Waals surface area contributed by atoms with Crippen LogP contribution < -0.4 is 14.8 Å². The first-order valence-electron chi connectivity index (χ1n) is 11.6. The quantitative estimate of drug-likeness (QED) is 0.500. The fraction of sp³-hybridized carbons (Fsp3) is 0.481. The smallest absolute Gasteiger partial charge is 0.261 e. The second-order valence-electron chi connectivity index (χ2n) is 9.23. The number of methoxy groups -OCH3 is 1. The molecule has 2 amide bonds. The highest BCUT2D eigenvalue weighted by molar-refractivity contribution is 5.88. The molecular formula is C27H38N2O4. The van der Waals surface area contributed by atoms with Crippen molar-refractivity contribution in [2.75, 3.05) is 20.3 Å². The summed E-state index contributed by atoms with van der Waals surface area (Å²) in [5.74, 6) is 0.962. The third-order valence-electron chi connectivity index (χ3n) is 5.53. The van der Waals surface area contributed by atoms with Gasteiger partial charge in [-0.15, -0.1) is 0 Å². The normalized spacial score (nSPS) is 12.1. The van der Waals surface area contributed by atoms with Crippen LogP contribution in [0.3, 0.4) is 0 Å². The summed E-state index contributed by atoms with van der Waals surface area (Å²) in [5.41, 5.74) is 1.79. The van der Waals surface area contributed by atoms with E-state index < -0.39 is 6.04 Å². The molecule has 0 heterocycles. The van der Waals surface area contributed by atoms with Crippen molar-refractivity contribution in [3.8, 4) is 11.5 Å². The molecular weight excluding hydrogens is 416 g/mol. The van der Waals surface area contributed by atoms with Crippen LogP contribution in [0.25, 0.3) is 0 Å². The van der Waals surface area contributed by atoms with Gasteiger partial charge in [-0.1, -0.05) is 64.4 Å². The van der Waals surface area contributed by atoms with Gasteiger partial charge in [0.2, 0.25) is 5.91 Å². The lowest BCUT2D eigenvalue weighted by Gasteiger charge is -2.29. The number of hydrogen-bond acceptors (Lipinski definition) is 4. The maximum atomic E-state index is 13.3. The molecule has 0 saturated heterocycles. The zero-order valence-electron chi connectivity index (χ0n) is 20.8. The van der Waals surface area contributed by atoms with E-state index in [2.05, 4.69) is 33.0 Å². The Bertz CT molecular complexity index is 920. The van der Waals surface area contributed by atoms with Gasteiger partial charge >= 0.3 is 0 Å². The van der Waals surface area contributed by atoms with Gasteiger partial charge in [0.15, 0.2) is 6.61 Å². The van der Waals surface area contributed by atoms with Crippen molar-refractivity contribution in [1.29, 1.82) is 0 Å². The third kappa shape index (κ3) is 7.81. The number of benzene rings is 2. The standard InChI is InChI=1S/C27H38N2O4/c1-7-8-16-28-26(31)20(2)29(18-21-12-11-13-22(17-21)32-6)25(30)19-33-24-15-10-9-14-23(24)27(3,4)5/h9-15,17,20H,7-8,16,18-19H2,1-6H3,(H,28,31)/t20-/m1/s1. The lowest BCUT2D eigenvalue weighted by Crippen LogP contribution is -2.49. The number of para-hydroxylation sites is 1. The van der Waals surface area contributed by atoms with E-state index >= 15 is 0 Å². The van der Waals surface area contributed by atoms with Crippen LogP contribution in [-0.4, -0.2) is 43.0 Å². The van der Waals surface area contributed by atoms with Crippen LogP contribution in [0, 0.1) is 0 Å². The molecule has 0 saturated carbocycles. The average molecular weight is 455 g/mol. The van der Waals surface area contributed by atoms with Gasteiger partial charge < -0.3 is 19.7 Å². The van der Waals surface area contributed by atoms with Crippen molar-refractivity contribution < 1.29 is 19.1 Å². The number of amides is 2. The van der Waals surface area contributed by atoms with Gasteiger partial charge in [-0.2, -0.15) is 0 Å². The zero-order valence-corrected chi connectivity index (χ0v) is 20.8. The number of carbonyl (C=O) groups is 2. The first kappa shape index (κ1) is 26.2. The molecule has 6 nitrogen and oxygen atoms in total. The van der Waals surface area contributed by atoms with Gasteiger partial charge in [0.1, 0.15) is 17.5 Å². The molecule has 2 aromatic rings. The first-order valence-corrected chi connectivity index (χ1v) is 11.6. The highest BCUT2D eigenvalue weighted by atomic mass is 16.5. The molecule has 0 aliphatic rings. The lowest BCUT2D eigenvalue weighted by atomic mass is 9.86. The average Bonchev–Trinajstić information content (AvgIpc) is 2.80. The van der Waals surface area contributed by atoms with E-state index in [4.69, 9.17) is 9.47 Å². The van der Waals surface area contributed by atoms with Crippen molar-refractivity contribution >= 4 is 11.8 Å². The molecule has 1 atom stereocenters. The predicted molar refractivity (Wildman–Crippen MR) is 132 cm³/mol. The molecule has 180 valence electrons. The summed E-state index contributed by atoms with van der Waals surface area (Å²) in [4.78, 5) is 27.6. The number of ether oxygens (including phenoxy) is 2. The van der Waals surface area contributed by atoms with Crippen LogP contribution in [0.5, 0.6) is 11.5 Å². The van der Waals surface area contributed by atoms with Crippen molar-refractivity contribution in [2.24, 2.45) is 0 Å². The summed E-state index contributed by atoms with van der Waals surface area (Å²) in [6.07, 6.45) is 1.89. The van der Waals surface area contributed by atoms with Crippen molar-refractivity contribution in [2.45, 2.75) is 65.5 Å². The molecule has 0 unspecified atom stereocenters. The van der Waals surface area contributed by atoms with E-state index in [1.165, 1.54) is 0 Å². The van der Waals surface area contributed by atoms with Crippen molar-refractivity contribution in [3.63, 3.8) is 0 Å². The van der Waals surface area contributed by atoms with Crippen LogP contribution in [0.1, 0.15) is 58.6 Å².